The summed E-state index contributed by atoms with van der Waals surface area (Å²) in [4.78, 5) is 27.0. The van der Waals surface area contributed by atoms with E-state index in [1.165, 1.54) is 12.8 Å². The van der Waals surface area contributed by atoms with Crippen LogP contribution in [-0.2, 0) is 13.0 Å². The predicted molar refractivity (Wildman–Crippen MR) is 106 cm³/mol. The lowest BCUT2D eigenvalue weighted by Gasteiger charge is -2.27. The molecule has 1 saturated carbocycles. The fourth-order valence-corrected chi connectivity index (χ4v) is 3.58. The molecule has 2 amide bonds. The number of hydrogen-bond donors (Lipinski definition) is 1. The SMILES string of the molecule is COc1ccc(CCNC(=O)c2cc3n(n2)CCN(CC2CC2)C3=O)cc1OC. The maximum atomic E-state index is 12.6. The van der Waals surface area contributed by atoms with Crippen LogP contribution in [-0.4, -0.2) is 60.3 Å². The molecule has 1 aliphatic carbocycles. The molecule has 1 aromatic carbocycles. The first-order valence-electron chi connectivity index (χ1n) is 9.95. The fourth-order valence-electron chi connectivity index (χ4n) is 3.58. The molecule has 4 rings (SSSR count). The Hall–Kier alpha value is -3.03. The van der Waals surface area contributed by atoms with Crippen LogP contribution in [0.5, 0.6) is 11.5 Å². The first kappa shape index (κ1) is 19.3. The van der Waals surface area contributed by atoms with Crippen LogP contribution in [0.3, 0.4) is 0 Å². The molecule has 0 atom stereocenters. The van der Waals surface area contributed by atoms with Gasteiger partial charge in [-0.2, -0.15) is 5.10 Å². The van der Waals surface area contributed by atoms with Crippen LogP contribution >= 0.6 is 0 Å². The van der Waals surface area contributed by atoms with Gasteiger partial charge in [0.05, 0.1) is 20.8 Å². The van der Waals surface area contributed by atoms with Gasteiger partial charge in [0.2, 0.25) is 0 Å². The summed E-state index contributed by atoms with van der Waals surface area (Å²) in [5.41, 5.74) is 1.81. The molecule has 2 heterocycles. The van der Waals surface area contributed by atoms with E-state index in [1.807, 2.05) is 23.1 Å². The van der Waals surface area contributed by atoms with E-state index in [2.05, 4.69) is 10.4 Å². The highest BCUT2D eigenvalue weighted by atomic mass is 16.5. The van der Waals surface area contributed by atoms with E-state index in [0.29, 0.717) is 49.2 Å². The molecule has 29 heavy (non-hydrogen) atoms. The number of ether oxygens (including phenoxy) is 2. The summed E-state index contributed by atoms with van der Waals surface area (Å²) in [6.45, 7) is 2.56. The molecule has 2 aromatic rings. The summed E-state index contributed by atoms with van der Waals surface area (Å²) in [6, 6.07) is 7.29. The maximum absolute atomic E-state index is 12.6. The highest BCUT2D eigenvalue weighted by Crippen LogP contribution is 2.31. The number of carbonyl (C=O) groups excluding carboxylic acids is 2. The first-order valence-corrected chi connectivity index (χ1v) is 9.95. The minimum absolute atomic E-state index is 0.0278. The Morgan fingerprint density at radius 1 is 1.17 bits per heavy atom. The highest BCUT2D eigenvalue weighted by molar-refractivity contribution is 5.98. The van der Waals surface area contributed by atoms with Crippen LogP contribution in [0.2, 0.25) is 0 Å². The minimum atomic E-state index is -0.270. The van der Waals surface area contributed by atoms with E-state index in [9.17, 15) is 9.59 Å². The number of hydrogen-bond acceptors (Lipinski definition) is 5. The molecule has 1 aromatic heterocycles. The van der Waals surface area contributed by atoms with Crippen LogP contribution in [0.4, 0.5) is 0 Å². The second kappa shape index (κ2) is 8.14. The summed E-state index contributed by atoms with van der Waals surface area (Å²) < 4.78 is 12.2. The average molecular weight is 398 g/mol. The number of amides is 2. The van der Waals surface area contributed by atoms with Crippen molar-refractivity contribution in [3.8, 4) is 11.5 Å². The van der Waals surface area contributed by atoms with E-state index in [1.54, 1.807) is 25.0 Å². The monoisotopic (exact) mass is 398 g/mol. The van der Waals surface area contributed by atoms with Gasteiger partial charge in [0, 0.05) is 25.7 Å². The van der Waals surface area contributed by atoms with Crippen molar-refractivity contribution in [3.05, 3.63) is 41.2 Å². The molecule has 0 bridgehead atoms. The van der Waals surface area contributed by atoms with Crippen LogP contribution in [0.15, 0.2) is 24.3 Å². The Labute approximate surface area is 169 Å². The van der Waals surface area contributed by atoms with Gasteiger partial charge in [-0.25, -0.2) is 0 Å². The van der Waals surface area contributed by atoms with Gasteiger partial charge >= 0.3 is 0 Å². The molecule has 154 valence electrons. The lowest BCUT2D eigenvalue weighted by atomic mass is 10.1. The maximum Gasteiger partial charge on any atom is 0.272 e. The van der Waals surface area contributed by atoms with Crippen molar-refractivity contribution in [2.45, 2.75) is 25.8 Å². The van der Waals surface area contributed by atoms with Gasteiger partial charge < -0.3 is 19.7 Å². The fraction of sp³-hybridized carbons (Fsp3) is 0.476. The topological polar surface area (TPSA) is 85.7 Å². The van der Waals surface area contributed by atoms with Crippen LogP contribution in [0, 0.1) is 5.92 Å². The zero-order chi connectivity index (χ0) is 20.4. The first-order chi connectivity index (χ1) is 14.1. The number of nitrogens with zero attached hydrogens (tertiary/aromatic N) is 3. The van der Waals surface area contributed by atoms with Crippen LogP contribution in [0.1, 0.15) is 39.4 Å². The second-order valence-corrected chi connectivity index (χ2v) is 7.53. The Balaban J connectivity index is 1.34. The number of methoxy groups -OCH3 is 2. The Kier molecular flexibility index (Phi) is 5.42. The van der Waals surface area contributed by atoms with E-state index in [0.717, 1.165) is 12.1 Å². The molecule has 8 nitrogen and oxygen atoms in total. The van der Waals surface area contributed by atoms with Gasteiger partial charge in [0.25, 0.3) is 11.8 Å². The quantitative estimate of drug-likeness (QED) is 0.732. The van der Waals surface area contributed by atoms with Crippen molar-refractivity contribution >= 4 is 11.8 Å². The number of benzene rings is 1. The van der Waals surface area contributed by atoms with Crippen molar-refractivity contribution in [1.29, 1.82) is 0 Å². The number of nitrogens with one attached hydrogen (secondary N) is 1. The number of aromatic nitrogens is 2. The van der Waals surface area contributed by atoms with Crippen molar-refractivity contribution in [2.75, 3.05) is 33.9 Å². The molecule has 0 spiro atoms. The molecule has 2 aliphatic rings. The van der Waals surface area contributed by atoms with Crippen molar-refractivity contribution < 1.29 is 19.1 Å². The molecular formula is C21H26N4O4. The summed E-state index contributed by atoms with van der Waals surface area (Å²) in [5, 5.41) is 7.21. The number of rotatable bonds is 8. The van der Waals surface area contributed by atoms with Crippen LogP contribution in [0.25, 0.3) is 0 Å². The minimum Gasteiger partial charge on any atom is -0.493 e. The lowest BCUT2D eigenvalue weighted by molar-refractivity contribution is 0.0688. The third-order valence-corrected chi connectivity index (χ3v) is 5.42. The van der Waals surface area contributed by atoms with Gasteiger partial charge in [-0.05, 0) is 42.9 Å². The summed E-state index contributed by atoms with van der Waals surface area (Å²) in [6.07, 6.45) is 3.06. The van der Waals surface area contributed by atoms with Crippen LogP contribution < -0.4 is 14.8 Å². The van der Waals surface area contributed by atoms with Gasteiger partial charge in [-0.3, -0.25) is 14.3 Å². The van der Waals surface area contributed by atoms with Crippen molar-refractivity contribution in [3.63, 3.8) is 0 Å². The predicted octanol–water partition coefficient (Wildman–Crippen LogP) is 1.74. The lowest BCUT2D eigenvalue weighted by Crippen LogP contribution is -2.41. The van der Waals surface area contributed by atoms with E-state index >= 15 is 0 Å². The van der Waals surface area contributed by atoms with E-state index < -0.39 is 0 Å². The summed E-state index contributed by atoms with van der Waals surface area (Å²) in [7, 11) is 3.19. The number of fused-ring (bicyclic) bond motifs is 1. The smallest absolute Gasteiger partial charge is 0.272 e. The largest absolute Gasteiger partial charge is 0.493 e. The van der Waals surface area contributed by atoms with Gasteiger partial charge in [0.15, 0.2) is 17.2 Å². The molecule has 0 radical (unpaired) electrons. The highest BCUT2D eigenvalue weighted by Gasteiger charge is 2.32. The Morgan fingerprint density at radius 3 is 2.69 bits per heavy atom. The number of carbonyl (C=O) groups is 2. The third kappa shape index (κ3) is 4.21. The van der Waals surface area contributed by atoms with Crippen molar-refractivity contribution in [2.24, 2.45) is 5.92 Å². The van der Waals surface area contributed by atoms with E-state index in [-0.39, 0.29) is 17.5 Å². The molecule has 1 N–H and O–H groups in total. The van der Waals surface area contributed by atoms with E-state index in [4.69, 9.17) is 9.47 Å². The second-order valence-electron chi connectivity index (χ2n) is 7.53. The molecule has 0 unspecified atom stereocenters. The normalized spacial score (nSPS) is 15.8. The average Bonchev–Trinajstić information content (AvgIpc) is 3.44. The van der Waals surface area contributed by atoms with Crippen molar-refractivity contribution in [1.82, 2.24) is 20.0 Å². The zero-order valence-corrected chi connectivity index (χ0v) is 16.8. The molecule has 8 heteroatoms. The summed E-state index contributed by atoms with van der Waals surface area (Å²) >= 11 is 0. The molecule has 1 aliphatic heterocycles. The molecular weight excluding hydrogens is 372 g/mol. The standard InChI is InChI=1S/C21H26N4O4/c1-28-18-6-5-14(11-19(18)29-2)7-8-22-20(26)16-12-17-21(27)24(13-15-3-4-15)9-10-25(17)23-16/h5-6,11-12,15H,3-4,7-10,13H2,1-2H3,(H,22,26). The Bertz CT molecular complexity index is 919. The molecule has 0 saturated heterocycles. The summed E-state index contributed by atoms with van der Waals surface area (Å²) in [5.74, 6) is 1.68. The van der Waals surface area contributed by atoms with Gasteiger partial charge in [0.1, 0.15) is 5.69 Å². The Morgan fingerprint density at radius 2 is 1.97 bits per heavy atom. The molecule has 1 fully saturated rings. The third-order valence-electron chi connectivity index (χ3n) is 5.42. The van der Waals surface area contributed by atoms with Gasteiger partial charge in [-0.1, -0.05) is 6.07 Å². The zero-order valence-electron chi connectivity index (χ0n) is 16.8. The van der Waals surface area contributed by atoms with Gasteiger partial charge in [-0.15, -0.1) is 0 Å².